The number of methoxy groups -OCH3 is 1. The van der Waals surface area contributed by atoms with Crippen LogP contribution in [0.25, 0.3) is 0 Å². The fourth-order valence-electron chi connectivity index (χ4n) is 0.941. The van der Waals surface area contributed by atoms with Crippen molar-refractivity contribution in [1.82, 2.24) is 20.1 Å². The second kappa shape index (κ2) is 4.36. The van der Waals surface area contributed by atoms with Crippen LogP contribution in [0.3, 0.4) is 0 Å². The molecule has 0 atom stereocenters. The summed E-state index contributed by atoms with van der Waals surface area (Å²) in [5.41, 5.74) is 0. The molecular formula is C8H9N5O2. The van der Waals surface area contributed by atoms with Crippen LogP contribution in [-0.4, -0.2) is 27.2 Å². The molecule has 0 saturated heterocycles. The first-order chi connectivity index (χ1) is 7.38. The Kier molecular flexibility index (Phi) is 2.72. The first kappa shape index (κ1) is 9.38. The maximum absolute atomic E-state index is 4.93. The predicted molar refractivity (Wildman–Crippen MR) is 50.2 cm³/mol. The average molecular weight is 207 g/mol. The predicted octanol–water partition coefficient (Wildman–Crippen LogP) is 0.480. The summed E-state index contributed by atoms with van der Waals surface area (Å²) >= 11 is 0. The standard InChI is InChI=1S/C8H9N5O2/c1-14-6-2-9-8(10-3-6)11-4-7-12-5-15-13-7/h2-3,5H,4H2,1H3,(H,9,10,11). The van der Waals surface area contributed by atoms with Gasteiger partial charge in [-0.2, -0.15) is 4.98 Å². The van der Waals surface area contributed by atoms with E-state index in [0.717, 1.165) is 0 Å². The van der Waals surface area contributed by atoms with E-state index < -0.39 is 0 Å². The summed E-state index contributed by atoms with van der Waals surface area (Å²) in [4.78, 5) is 11.9. The summed E-state index contributed by atoms with van der Waals surface area (Å²) in [6, 6.07) is 0. The lowest BCUT2D eigenvalue weighted by molar-refractivity contribution is 0.410. The van der Waals surface area contributed by atoms with Crippen LogP contribution in [0.5, 0.6) is 5.75 Å². The Balaban J connectivity index is 1.93. The van der Waals surface area contributed by atoms with E-state index in [9.17, 15) is 0 Å². The molecule has 0 bridgehead atoms. The minimum atomic E-state index is 0.419. The molecule has 78 valence electrons. The normalized spacial score (nSPS) is 9.93. The van der Waals surface area contributed by atoms with Gasteiger partial charge in [-0.1, -0.05) is 5.16 Å². The van der Waals surface area contributed by atoms with Crippen molar-refractivity contribution in [3.05, 3.63) is 24.6 Å². The van der Waals surface area contributed by atoms with Crippen LogP contribution in [0.2, 0.25) is 0 Å². The summed E-state index contributed by atoms with van der Waals surface area (Å²) in [6.45, 7) is 0.419. The summed E-state index contributed by atoms with van der Waals surface area (Å²) < 4.78 is 9.50. The van der Waals surface area contributed by atoms with Crippen molar-refractivity contribution >= 4 is 5.95 Å². The molecule has 0 spiro atoms. The molecular weight excluding hydrogens is 198 g/mol. The Morgan fingerprint density at radius 2 is 2.13 bits per heavy atom. The molecule has 15 heavy (non-hydrogen) atoms. The van der Waals surface area contributed by atoms with Crippen LogP contribution in [0, 0.1) is 0 Å². The third kappa shape index (κ3) is 2.39. The van der Waals surface area contributed by atoms with Gasteiger partial charge in [0.05, 0.1) is 26.0 Å². The van der Waals surface area contributed by atoms with E-state index in [1.807, 2.05) is 0 Å². The molecule has 0 aliphatic rings. The number of aromatic nitrogens is 4. The topological polar surface area (TPSA) is 86.0 Å². The van der Waals surface area contributed by atoms with Gasteiger partial charge in [0, 0.05) is 0 Å². The third-order valence-corrected chi connectivity index (χ3v) is 1.68. The molecule has 7 nitrogen and oxygen atoms in total. The molecule has 0 amide bonds. The number of anilines is 1. The molecule has 2 heterocycles. The minimum Gasteiger partial charge on any atom is -0.494 e. The van der Waals surface area contributed by atoms with E-state index in [1.54, 1.807) is 19.5 Å². The Morgan fingerprint density at radius 3 is 2.73 bits per heavy atom. The highest BCUT2D eigenvalue weighted by molar-refractivity contribution is 5.26. The van der Waals surface area contributed by atoms with Gasteiger partial charge in [-0.15, -0.1) is 0 Å². The largest absolute Gasteiger partial charge is 0.494 e. The summed E-state index contributed by atoms with van der Waals surface area (Å²) in [6.07, 6.45) is 4.42. The van der Waals surface area contributed by atoms with Crippen LogP contribution in [-0.2, 0) is 6.54 Å². The number of hydrogen-bond acceptors (Lipinski definition) is 7. The molecule has 0 radical (unpaired) electrons. The maximum Gasteiger partial charge on any atom is 0.223 e. The number of nitrogens with zero attached hydrogens (tertiary/aromatic N) is 4. The molecule has 0 aliphatic carbocycles. The lowest BCUT2D eigenvalue weighted by Crippen LogP contribution is -2.04. The molecule has 0 saturated carbocycles. The molecule has 2 aromatic heterocycles. The van der Waals surface area contributed by atoms with E-state index in [0.29, 0.717) is 24.1 Å². The average Bonchev–Trinajstić information content (AvgIpc) is 2.80. The Labute approximate surface area is 85.5 Å². The quantitative estimate of drug-likeness (QED) is 0.780. The first-order valence-electron chi connectivity index (χ1n) is 4.23. The molecule has 2 aromatic rings. The van der Waals surface area contributed by atoms with Gasteiger partial charge >= 0.3 is 0 Å². The Bertz CT molecular complexity index is 399. The zero-order chi connectivity index (χ0) is 10.5. The lowest BCUT2D eigenvalue weighted by Gasteiger charge is -2.02. The van der Waals surface area contributed by atoms with Gasteiger partial charge in [0.25, 0.3) is 0 Å². The van der Waals surface area contributed by atoms with Crippen molar-refractivity contribution in [2.75, 3.05) is 12.4 Å². The number of rotatable bonds is 4. The van der Waals surface area contributed by atoms with Crippen LogP contribution in [0.15, 0.2) is 23.3 Å². The second-order valence-electron chi connectivity index (χ2n) is 2.65. The monoisotopic (exact) mass is 207 g/mol. The first-order valence-corrected chi connectivity index (χ1v) is 4.23. The van der Waals surface area contributed by atoms with E-state index in [4.69, 9.17) is 4.74 Å². The fraction of sp³-hybridized carbons (Fsp3) is 0.250. The van der Waals surface area contributed by atoms with Gasteiger partial charge in [-0.3, -0.25) is 0 Å². The molecule has 1 N–H and O–H groups in total. The van der Waals surface area contributed by atoms with E-state index in [-0.39, 0.29) is 0 Å². The number of hydrogen-bond donors (Lipinski definition) is 1. The molecule has 0 aliphatic heterocycles. The molecule has 0 unspecified atom stereocenters. The highest BCUT2D eigenvalue weighted by atomic mass is 16.5. The van der Waals surface area contributed by atoms with Gasteiger partial charge in [-0.25, -0.2) is 9.97 Å². The van der Waals surface area contributed by atoms with Crippen molar-refractivity contribution in [2.24, 2.45) is 0 Å². The second-order valence-corrected chi connectivity index (χ2v) is 2.65. The lowest BCUT2D eigenvalue weighted by atomic mass is 10.6. The van der Waals surface area contributed by atoms with Gasteiger partial charge in [0.2, 0.25) is 12.3 Å². The van der Waals surface area contributed by atoms with Crippen molar-refractivity contribution in [3.63, 3.8) is 0 Å². The zero-order valence-corrected chi connectivity index (χ0v) is 8.04. The molecule has 2 rings (SSSR count). The molecule has 0 aromatic carbocycles. The SMILES string of the molecule is COc1cnc(NCc2ncon2)nc1. The Morgan fingerprint density at radius 1 is 1.33 bits per heavy atom. The van der Waals surface area contributed by atoms with E-state index in [1.165, 1.54) is 6.39 Å². The van der Waals surface area contributed by atoms with Gasteiger partial charge in [0.15, 0.2) is 11.6 Å². The Hall–Kier alpha value is -2.18. The third-order valence-electron chi connectivity index (χ3n) is 1.68. The highest BCUT2D eigenvalue weighted by Gasteiger charge is 2.00. The van der Waals surface area contributed by atoms with Crippen molar-refractivity contribution in [2.45, 2.75) is 6.54 Å². The van der Waals surface area contributed by atoms with E-state index in [2.05, 4.69) is 29.9 Å². The van der Waals surface area contributed by atoms with Crippen LogP contribution < -0.4 is 10.1 Å². The van der Waals surface area contributed by atoms with Crippen LogP contribution in [0.1, 0.15) is 5.82 Å². The van der Waals surface area contributed by atoms with E-state index >= 15 is 0 Å². The van der Waals surface area contributed by atoms with Crippen LogP contribution >= 0.6 is 0 Å². The van der Waals surface area contributed by atoms with Gasteiger partial charge in [0.1, 0.15) is 0 Å². The maximum atomic E-state index is 4.93. The smallest absolute Gasteiger partial charge is 0.223 e. The summed E-state index contributed by atoms with van der Waals surface area (Å²) in [7, 11) is 1.56. The van der Waals surface area contributed by atoms with Crippen molar-refractivity contribution in [1.29, 1.82) is 0 Å². The minimum absolute atomic E-state index is 0.419. The highest BCUT2D eigenvalue weighted by Crippen LogP contribution is 2.07. The number of nitrogens with one attached hydrogen (secondary N) is 1. The van der Waals surface area contributed by atoms with Crippen LogP contribution in [0.4, 0.5) is 5.95 Å². The summed E-state index contributed by atoms with van der Waals surface area (Å²) in [5, 5.41) is 6.57. The van der Waals surface area contributed by atoms with Gasteiger partial charge < -0.3 is 14.6 Å². The van der Waals surface area contributed by atoms with Gasteiger partial charge in [-0.05, 0) is 0 Å². The summed E-state index contributed by atoms with van der Waals surface area (Å²) in [5.74, 6) is 1.65. The molecule has 0 fully saturated rings. The fourth-order valence-corrected chi connectivity index (χ4v) is 0.941. The number of ether oxygens (including phenoxy) is 1. The van der Waals surface area contributed by atoms with Crippen molar-refractivity contribution in [3.8, 4) is 5.75 Å². The zero-order valence-electron chi connectivity index (χ0n) is 8.04. The molecule has 7 heteroatoms. The van der Waals surface area contributed by atoms with Crippen molar-refractivity contribution < 1.29 is 9.26 Å².